The molecule has 23 heavy (non-hydrogen) atoms. The Balaban J connectivity index is 1.82. The molecule has 0 spiro atoms. The predicted octanol–water partition coefficient (Wildman–Crippen LogP) is 2.02. The van der Waals surface area contributed by atoms with Crippen LogP contribution in [0.25, 0.3) is 0 Å². The second kappa shape index (κ2) is 6.00. The summed E-state index contributed by atoms with van der Waals surface area (Å²) >= 11 is 0. The van der Waals surface area contributed by atoms with E-state index in [9.17, 15) is 9.59 Å². The summed E-state index contributed by atoms with van der Waals surface area (Å²) in [4.78, 5) is 26.0. The van der Waals surface area contributed by atoms with Crippen LogP contribution in [-0.2, 0) is 9.59 Å². The molecule has 118 valence electrons. The minimum absolute atomic E-state index is 0.0993. The Morgan fingerprint density at radius 3 is 2.74 bits per heavy atom. The number of amides is 2. The molecule has 0 saturated carbocycles. The van der Waals surface area contributed by atoms with Crippen molar-refractivity contribution >= 4 is 28.9 Å². The molecular formula is C17H17N3O3. The van der Waals surface area contributed by atoms with Crippen LogP contribution in [0.2, 0.25) is 0 Å². The van der Waals surface area contributed by atoms with Gasteiger partial charge in [0.15, 0.2) is 6.10 Å². The molecule has 0 saturated heterocycles. The number of nitrogen functional groups attached to an aromatic ring is 1. The monoisotopic (exact) mass is 311 g/mol. The Morgan fingerprint density at radius 1 is 1.26 bits per heavy atom. The lowest BCUT2D eigenvalue weighted by Gasteiger charge is -2.32. The van der Waals surface area contributed by atoms with Crippen molar-refractivity contribution in [1.29, 1.82) is 0 Å². The first-order valence-electron chi connectivity index (χ1n) is 7.27. The number of para-hydroxylation sites is 1. The van der Waals surface area contributed by atoms with Gasteiger partial charge in [-0.05, 0) is 37.3 Å². The van der Waals surface area contributed by atoms with E-state index < -0.39 is 6.10 Å². The van der Waals surface area contributed by atoms with Crippen LogP contribution in [0.15, 0.2) is 48.5 Å². The van der Waals surface area contributed by atoms with Gasteiger partial charge >= 0.3 is 0 Å². The van der Waals surface area contributed by atoms with Crippen LogP contribution < -0.4 is 20.7 Å². The molecule has 1 unspecified atom stereocenters. The van der Waals surface area contributed by atoms with Gasteiger partial charge in [-0.1, -0.05) is 18.2 Å². The Bertz CT molecular complexity index is 746. The molecule has 1 heterocycles. The predicted molar refractivity (Wildman–Crippen MR) is 88.4 cm³/mol. The first kappa shape index (κ1) is 14.9. The molecule has 0 radical (unpaired) electrons. The highest BCUT2D eigenvalue weighted by Gasteiger charge is 2.32. The van der Waals surface area contributed by atoms with E-state index in [4.69, 9.17) is 10.5 Å². The fraction of sp³-hybridized carbons (Fsp3) is 0.176. The van der Waals surface area contributed by atoms with Crippen LogP contribution >= 0.6 is 0 Å². The number of rotatable bonds is 3. The molecule has 1 atom stereocenters. The fourth-order valence-corrected chi connectivity index (χ4v) is 2.45. The number of anilines is 3. The van der Waals surface area contributed by atoms with Crippen molar-refractivity contribution in [1.82, 2.24) is 0 Å². The highest BCUT2D eigenvalue weighted by molar-refractivity contribution is 6.06. The number of carbonyl (C=O) groups excluding carboxylic acids is 2. The third kappa shape index (κ3) is 3.11. The first-order chi connectivity index (χ1) is 11.0. The maximum Gasteiger partial charge on any atom is 0.268 e. The lowest BCUT2D eigenvalue weighted by Crippen LogP contribution is -2.47. The van der Waals surface area contributed by atoms with E-state index in [1.807, 2.05) is 18.2 Å². The van der Waals surface area contributed by atoms with E-state index in [0.717, 1.165) is 0 Å². The van der Waals surface area contributed by atoms with Crippen LogP contribution in [0.4, 0.5) is 17.1 Å². The van der Waals surface area contributed by atoms with Crippen LogP contribution in [0.5, 0.6) is 5.75 Å². The fourth-order valence-electron chi connectivity index (χ4n) is 2.45. The van der Waals surface area contributed by atoms with Crippen LogP contribution in [0, 0.1) is 0 Å². The smallest absolute Gasteiger partial charge is 0.268 e. The van der Waals surface area contributed by atoms with Gasteiger partial charge in [-0.15, -0.1) is 0 Å². The Morgan fingerprint density at radius 2 is 2.00 bits per heavy atom. The van der Waals surface area contributed by atoms with Crippen molar-refractivity contribution in [2.45, 2.75) is 13.0 Å². The van der Waals surface area contributed by atoms with Crippen molar-refractivity contribution in [2.24, 2.45) is 0 Å². The average Bonchev–Trinajstić information content (AvgIpc) is 2.53. The lowest BCUT2D eigenvalue weighted by molar-refractivity contribution is -0.127. The Labute approximate surface area is 133 Å². The van der Waals surface area contributed by atoms with Gasteiger partial charge in [0.25, 0.3) is 5.91 Å². The largest absolute Gasteiger partial charge is 0.479 e. The zero-order chi connectivity index (χ0) is 16.4. The normalized spacial score (nSPS) is 16.5. The van der Waals surface area contributed by atoms with Crippen LogP contribution in [-0.4, -0.2) is 24.5 Å². The van der Waals surface area contributed by atoms with Gasteiger partial charge in [0, 0.05) is 11.4 Å². The molecule has 2 aromatic rings. The molecule has 0 aliphatic carbocycles. The molecule has 3 N–H and O–H groups in total. The molecule has 6 nitrogen and oxygen atoms in total. The van der Waals surface area contributed by atoms with E-state index in [0.29, 0.717) is 22.8 Å². The summed E-state index contributed by atoms with van der Waals surface area (Å²) in [5.74, 6) is -0.0165. The maximum absolute atomic E-state index is 12.4. The van der Waals surface area contributed by atoms with Gasteiger partial charge in [-0.2, -0.15) is 0 Å². The highest BCUT2D eigenvalue weighted by atomic mass is 16.5. The van der Waals surface area contributed by atoms with E-state index in [2.05, 4.69) is 5.32 Å². The zero-order valence-electron chi connectivity index (χ0n) is 12.7. The minimum atomic E-state index is -0.643. The van der Waals surface area contributed by atoms with Crippen LogP contribution in [0.1, 0.15) is 6.92 Å². The number of hydrogen-bond acceptors (Lipinski definition) is 4. The second-order valence-corrected chi connectivity index (χ2v) is 5.33. The summed E-state index contributed by atoms with van der Waals surface area (Å²) in [5.41, 5.74) is 7.48. The Hall–Kier alpha value is -3.02. The highest BCUT2D eigenvalue weighted by Crippen LogP contribution is 2.35. The number of nitrogens with one attached hydrogen (secondary N) is 1. The van der Waals surface area contributed by atoms with Crippen molar-refractivity contribution in [2.75, 3.05) is 22.5 Å². The number of fused-ring (bicyclic) bond motifs is 1. The number of carbonyl (C=O) groups is 2. The zero-order valence-corrected chi connectivity index (χ0v) is 12.7. The van der Waals surface area contributed by atoms with Gasteiger partial charge < -0.3 is 15.8 Å². The molecule has 0 bridgehead atoms. The summed E-state index contributed by atoms with van der Waals surface area (Å²) in [6, 6.07) is 14.1. The number of hydrogen-bond donors (Lipinski definition) is 2. The maximum atomic E-state index is 12.4. The molecule has 1 aliphatic rings. The summed E-state index contributed by atoms with van der Waals surface area (Å²) in [5, 5.41) is 2.77. The summed E-state index contributed by atoms with van der Waals surface area (Å²) in [7, 11) is 0. The third-order valence-corrected chi connectivity index (χ3v) is 3.55. The van der Waals surface area contributed by atoms with Gasteiger partial charge in [-0.3, -0.25) is 14.5 Å². The topological polar surface area (TPSA) is 84.7 Å². The van der Waals surface area contributed by atoms with Crippen molar-refractivity contribution < 1.29 is 14.3 Å². The van der Waals surface area contributed by atoms with Crippen molar-refractivity contribution in [3.05, 3.63) is 48.5 Å². The molecule has 0 aromatic heterocycles. The van der Waals surface area contributed by atoms with E-state index in [-0.39, 0.29) is 18.4 Å². The number of ether oxygens (including phenoxy) is 1. The summed E-state index contributed by atoms with van der Waals surface area (Å²) in [6.07, 6.45) is -0.643. The van der Waals surface area contributed by atoms with Crippen molar-refractivity contribution in [3.63, 3.8) is 0 Å². The molecule has 6 heteroatoms. The summed E-state index contributed by atoms with van der Waals surface area (Å²) < 4.78 is 5.55. The van der Waals surface area contributed by atoms with E-state index in [1.165, 1.54) is 4.90 Å². The van der Waals surface area contributed by atoms with Crippen LogP contribution in [0.3, 0.4) is 0 Å². The van der Waals surface area contributed by atoms with Gasteiger partial charge in [0.1, 0.15) is 12.3 Å². The summed E-state index contributed by atoms with van der Waals surface area (Å²) in [6.45, 7) is 1.56. The second-order valence-electron chi connectivity index (χ2n) is 5.33. The SMILES string of the molecule is CC1Oc2ccc(N)cc2N(CC(=O)Nc2ccccc2)C1=O. The standard InChI is InChI=1S/C17H17N3O3/c1-11-17(22)20(14-9-12(18)7-8-15(14)23-11)10-16(21)19-13-5-3-2-4-6-13/h2-9,11H,10,18H2,1H3,(H,19,21). The molecule has 3 rings (SSSR count). The van der Waals surface area contributed by atoms with Crippen molar-refractivity contribution in [3.8, 4) is 5.75 Å². The first-order valence-corrected chi connectivity index (χ1v) is 7.27. The van der Waals surface area contributed by atoms with Gasteiger partial charge in [0.2, 0.25) is 5.91 Å². The van der Waals surface area contributed by atoms with E-state index >= 15 is 0 Å². The molecule has 0 fully saturated rings. The Kier molecular flexibility index (Phi) is 3.89. The van der Waals surface area contributed by atoms with Gasteiger partial charge in [-0.25, -0.2) is 0 Å². The minimum Gasteiger partial charge on any atom is -0.479 e. The molecule has 2 aromatic carbocycles. The quantitative estimate of drug-likeness (QED) is 0.849. The average molecular weight is 311 g/mol. The number of nitrogens with two attached hydrogens (primary N) is 1. The molecule has 1 aliphatic heterocycles. The number of benzene rings is 2. The lowest BCUT2D eigenvalue weighted by atomic mass is 10.1. The van der Waals surface area contributed by atoms with E-state index in [1.54, 1.807) is 37.3 Å². The third-order valence-electron chi connectivity index (χ3n) is 3.55. The molecule has 2 amide bonds. The molecular weight excluding hydrogens is 294 g/mol. The van der Waals surface area contributed by atoms with Gasteiger partial charge in [0.05, 0.1) is 5.69 Å². The number of nitrogens with zero attached hydrogens (tertiary/aromatic N) is 1.